The van der Waals surface area contributed by atoms with Crippen molar-refractivity contribution in [1.82, 2.24) is 20.2 Å². The van der Waals surface area contributed by atoms with Crippen LogP contribution in [0.25, 0.3) is 5.69 Å². The molecule has 2 aromatic carbocycles. The molecule has 1 aromatic heterocycles. The number of aryl methyl sites for hydroxylation is 1. The summed E-state index contributed by atoms with van der Waals surface area (Å²) in [4.78, 5) is 12.8. The average molecular weight is 416 g/mol. The van der Waals surface area contributed by atoms with Crippen LogP contribution in [0.2, 0.25) is 5.02 Å². The Labute approximate surface area is 173 Å². The minimum absolute atomic E-state index is 0.0909. The number of aromatic nitrogens is 4. The fraction of sp³-hybridized carbons (Fsp3) is 0.300. The number of halogens is 1. The zero-order valence-corrected chi connectivity index (χ0v) is 17.8. The highest BCUT2D eigenvalue weighted by atomic mass is 35.5. The van der Waals surface area contributed by atoms with Crippen molar-refractivity contribution < 1.29 is 4.79 Å². The molecule has 1 atom stereocenters. The monoisotopic (exact) mass is 415 g/mol. The van der Waals surface area contributed by atoms with E-state index in [2.05, 4.69) is 34.7 Å². The van der Waals surface area contributed by atoms with Crippen molar-refractivity contribution in [2.45, 2.75) is 44.0 Å². The summed E-state index contributed by atoms with van der Waals surface area (Å²) in [7, 11) is 0. The summed E-state index contributed by atoms with van der Waals surface area (Å²) in [6, 6.07) is 13.3. The molecule has 1 amide bonds. The Hall–Kier alpha value is -2.38. The van der Waals surface area contributed by atoms with Gasteiger partial charge >= 0.3 is 0 Å². The van der Waals surface area contributed by atoms with Crippen LogP contribution in [-0.2, 0) is 4.79 Å². The summed E-state index contributed by atoms with van der Waals surface area (Å²) >= 11 is 7.25. The Morgan fingerprint density at radius 3 is 2.54 bits per heavy atom. The molecule has 28 heavy (non-hydrogen) atoms. The molecule has 0 spiro atoms. The van der Waals surface area contributed by atoms with Crippen molar-refractivity contribution >= 4 is 35.0 Å². The van der Waals surface area contributed by atoms with E-state index in [1.165, 1.54) is 11.8 Å². The number of anilines is 1. The number of nitrogens with zero attached hydrogens (tertiary/aromatic N) is 4. The summed E-state index contributed by atoms with van der Waals surface area (Å²) in [5.41, 5.74) is 3.83. The first-order valence-corrected chi connectivity index (χ1v) is 10.2. The van der Waals surface area contributed by atoms with E-state index in [1.807, 2.05) is 44.2 Å². The van der Waals surface area contributed by atoms with Gasteiger partial charge < -0.3 is 5.32 Å². The van der Waals surface area contributed by atoms with Crippen molar-refractivity contribution in [3.63, 3.8) is 0 Å². The number of tetrazole rings is 1. The lowest BCUT2D eigenvalue weighted by atomic mass is 9.98. The third-order valence-corrected chi connectivity index (χ3v) is 5.62. The summed E-state index contributed by atoms with van der Waals surface area (Å²) in [5.74, 6) is 0.224. The number of amides is 1. The molecule has 3 rings (SSSR count). The molecule has 0 radical (unpaired) electrons. The van der Waals surface area contributed by atoms with Crippen LogP contribution in [0.4, 0.5) is 5.69 Å². The third-order valence-electron chi connectivity index (χ3n) is 4.34. The van der Waals surface area contributed by atoms with Gasteiger partial charge in [0.1, 0.15) is 0 Å². The highest BCUT2D eigenvalue weighted by molar-refractivity contribution is 8.00. The zero-order valence-electron chi connectivity index (χ0n) is 16.2. The summed E-state index contributed by atoms with van der Waals surface area (Å²) in [5, 5.41) is 15.7. The molecule has 1 N–H and O–H groups in total. The summed E-state index contributed by atoms with van der Waals surface area (Å²) in [6.45, 7) is 8.07. The maximum absolute atomic E-state index is 12.8. The van der Waals surface area contributed by atoms with Gasteiger partial charge in [0.2, 0.25) is 11.1 Å². The molecule has 0 fully saturated rings. The number of carbonyl (C=O) groups excluding carboxylic acids is 1. The van der Waals surface area contributed by atoms with Crippen LogP contribution in [0.5, 0.6) is 0 Å². The average Bonchev–Trinajstić information content (AvgIpc) is 3.11. The molecule has 8 heteroatoms. The first-order valence-electron chi connectivity index (χ1n) is 8.98. The Morgan fingerprint density at radius 2 is 1.86 bits per heavy atom. The number of benzene rings is 2. The van der Waals surface area contributed by atoms with Crippen LogP contribution < -0.4 is 5.32 Å². The first-order chi connectivity index (χ1) is 13.4. The Morgan fingerprint density at radius 1 is 1.14 bits per heavy atom. The number of thioether (sulfide) groups is 1. The minimum atomic E-state index is -0.378. The van der Waals surface area contributed by atoms with Gasteiger partial charge in [0.25, 0.3) is 0 Å². The van der Waals surface area contributed by atoms with Crippen molar-refractivity contribution in [2.24, 2.45) is 0 Å². The SMILES string of the molecule is Cc1cccc(C(C)C)c1NC(=O)C(C)Sc1nnnn1-c1ccc(Cl)cc1. The molecule has 1 unspecified atom stereocenters. The van der Waals surface area contributed by atoms with Crippen molar-refractivity contribution in [1.29, 1.82) is 0 Å². The van der Waals surface area contributed by atoms with Gasteiger partial charge in [0.15, 0.2) is 0 Å². The van der Waals surface area contributed by atoms with Crippen LogP contribution in [-0.4, -0.2) is 31.4 Å². The van der Waals surface area contributed by atoms with Gasteiger partial charge in [-0.3, -0.25) is 4.79 Å². The van der Waals surface area contributed by atoms with Crippen LogP contribution in [0.1, 0.15) is 37.8 Å². The molecule has 0 aliphatic heterocycles. The number of hydrogen-bond acceptors (Lipinski definition) is 5. The molecule has 1 heterocycles. The normalized spacial score (nSPS) is 12.2. The highest BCUT2D eigenvalue weighted by Crippen LogP contribution is 2.29. The van der Waals surface area contributed by atoms with E-state index in [-0.39, 0.29) is 11.2 Å². The maximum Gasteiger partial charge on any atom is 0.237 e. The summed E-state index contributed by atoms with van der Waals surface area (Å²) in [6.07, 6.45) is 0. The zero-order chi connectivity index (χ0) is 20.3. The summed E-state index contributed by atoms with van der Waals surface area (Å²) < 4.78 is 1.60. The van der Waals surface area contributed by atoms with Gasteiger partial charge in [-0.1, -0.05) is 55.4 Å². The Balaban J connectivity index is 1.76. The fourth-order valence-corrected chi connectivity index (χ4v) is 3.71. The van der Waals surface area contributed by atoms with E-state index >= 15 is 0 Å². The lowest BCUT2D eigenvalue weighted by molar-refractivity contribution is -0.115. The van der Waals surface area contributed by atoms with Crippen molar-refractivity contribution in [2.75, 3.05) is 5.32 Å². The lowest BCUT2D eigenvalue weighted by Crippen LogP contribution is -2.24. The van der Waals surface area contributed by atoms with Gasteiger partial charge in [-0.05, 0) is 65.6 Å². The standard InChI is InChI=1S/C20H22ClN5OS/c1-12(2)17-7-5-6-13(3)18(17)22-19(27)14(4)28-20-23-24-25-26(20)16-10-8-15(21)9-11-16/h5-12,14H,1-4H3,(H,22,27). The van der Waals surface area contributed by atoms with Gasteiger partial charge in [-0.15, -0.1) is 5.10 Å². The maximum atomic E-state index is 12.8. The molecular weight excluding hydrogens is 394 g/mol. The Kier molecular flexibility index (Phi) is 6.36. The molecule has 0 aliphatic carbocycles. The van der Waals surface area contributed by atoms with E-state index < -0.39 is 0 Å². The highest BCUT2D eigenvalue weighted by Gasteiger charge is 2.21. The van der Waals surface area contributed by atoms with Crippen LogP contribution in [0.15, 0.2) is 47.6 Å². The molecule has 3 aromatic rings. The second-order valence-electron chi connectivity index (χ2n) is 6.79. The van der Waals surface area contributed by atoms with Crippen molar-refractivity contribution in [3.8, 4) is 5.69 Å². The molecule has 0 saturated heterocycles. The van der Waals surface area contributed by atoms with Gasteiger partial charge in [-0.2, -0.15) is 4.68 Å². The smallest absolute Gasteiger partial charge is 0.237 e. The van der Waals surface area contributed by atoms with E-state index in [4.69, 9.17) is 11.6 Å². The third kappa shape index (κ3) is 4.54. The molecule has 146 valence electrons. The van der Waals surface area contributed by atoms with E-state index in [1.54, 1.807) is 16.8 Å². The fourth-order valence-electron chi connectivity index (χ4n) is 2.78. The first kappa shape index (κ1) is 20.4. The number of nitrogens with one attached hydrogen (secondary N) is 1. The van der Waals surface area contributed by atoms with E-state index in [0.717, 1.165) is 22.5 Å². The van der Waals surface area contributed by atoms with Crippen molar-refractivity contribution in [3.05, 3.63) is 58.6 Å². The number of para-hydroxylation sites is 1. The van der Waals surface area contributed by atoms with Gasteiger partial charge in [-0.25, -0.2) is 0 Å². The topological polar surface area (TPSA) is 72.7 Å². The van der Waals surface area contributed by atoms with Crippen LogP contribution >= 0.6 is 23.4 Å². The predicted molar refractivity (Wildman–Crippen MR) is 113 cm³/mol. The van der Waals surface area contributed by atoms with Gasteiger partial charge in [0.05, 0.1) is 10.9 Å². The number of rotatable bonds is 6. The molecule has 6 nitrogen and oxygen atoms in total. The minimum Gasteiger partial charge on any atom is -0.325 e. The molecule has 0 saturated carbocycles. The predicted octanol–water partition coefficient (Wildman–Crippen LogP) is 4.87. The van der Waals surface area contributed by atoms with E-state index in [0.29, 0.717) is 16.1 Å². The Bertz CT molecular complexity index is 971. The molecular formula is C20H22ClN5OS. The lowest BCUT2D eigenvalue weighted by Gasteiger charge is -2.18. The van der Waals surface area contributed by atoms with E-state index in [9.17, 15) is 4.79 Å². The molecule has 0 bridgehead atoms. The molecule has 0 aliphatic rings. The quantitative estimate of drug-likeness (QED) is 0.581. The second-order valence-corrected chi connectivity index (χ2v) is 8.54. The van der Waals surface area contributed by atoms with Crippen LogP contribution in [0, 0.1) is 6.92 Å². The second kappa shape index (κ2) is 8.75. The van der Waals surface area contributed by atoms with Gasteiger partial charge in [0, 0.05) is 10.7 Å². The van der Waals surface area contributed by atoms with Crippen LogP contribution in [0.3, 0.4) is 0 Å². The number of carbonyl (C=O) groups is 1. The number of hydrogen-bond donors (Lipinski definition) is 1. The largest absolute Gasteiger partial charge is 0.325 e.